The van der Waals surface area contributed by atoms with Crippen molar-refractivity contribution in [3.8, 4) is 22.9 Å². The molecule has 7 nitrogen and oxygen atoms in total. The average molecular weight is 419 g/mol. The molecule has 1 fully saturated rings. The Kier molecular flexibility index (Phi) is 5.06. The van der Waals surface area contributed by atoms with Crippen LogP contribution in [-0.2, 0) is 0 Å². The molecule has 0 bridgehead atoms. The van der Waals surface area contributed by atoms with Gasteiger partial charge in [-0.15, -0.1) is 13.2 Å². The first kappa shape index (κ1) is 19.7. The Bertz CT molecular complexity index is 1040. The zero-order chi connectivity index (χ0) is 21.3. The summed E-state index contributed by atoms with van der Waals surface area (Å²) in [6, 6.07) is 12.1. The van der Waals surface area contributed by atoms with Gasteiger partial charge in [0.05, 0.1) is 18.6 Å². The molecule has 1 saturated heterocycles. The number of likely N-dealkylation sites (tertiary alicyclic amines) is 1. The van der Waals surface area contributed by atoms with Gasteiger partial charge in [0.1, 0.15) is 11.5 Å². The van der Waals surface area contributed by atoms with Crippen LogP contribution in [0.4, 0.5) is 13.2 Å². The van der Waals surface area contributed by atoms with Gasteiger partial charge in [-0.25, -0.2) is 0 Å². The predicted octanol–water partition coefficient (Wildman–Crippen LogP) is 3.88. The number of methoxy groups -OCH3 is 1. The number of nitrogens with zero attached hydrogens (tertiary/aromatic N) is 3. The van der Waals surface area contributed by atoms with E-state index < -0.39 is 6.36 Å². The molecule has 1 aliphatic rings. The number of aromatic nitrogens is 2. The molecule has 4 rings (SSSR count). The number of carbonyl (C=O) groups excluding carboxylic acids is 1. The van der Waals surface area contributed by atoms with Crippen molar-refractivity contribution in [1.29, 1.82) is 0 Å². The summed E-state index contributed by atoms with van der Waals surface area (Å²) in [6.45, 7) is 0.736. The Hall–Kier alpha value is -3.56. The van der Waals surface area contributed by atoms with Gasteiger partial charge in [0.25, 0.3) is 5.91 Å². The van der Waals surface area contributed by atoms with E-state index >= 15 is 0 Å². The third-order valence-electron chi connectivity index (χ3n) is 4.64. The lowest BCUT2D eigenvalue weighted by Gasteiger charge is -2.37. The topological polar surface area (TPSA) is 77.7 Å². The Labute approximate surface area is 169 Å². The fraction of sp³-hybridized carbons (Fsp3) is 0.250. The molecule has 0 N–H and O–H groups in total. The molecule has 156 valence electrons. The van der Waals surface area contributed by atoms with Gasteiger partial charge in [0.2, 0.25) is 11.7 Å². The molecule has 2 aromatic carbocycles. The number of ether oxygens (including phenoxy) is 2. The monoisotopic (exact) mass is 419 g/mol. The van der Waals surface area contributed by atoms with E-state index in [1.807, 2.05) is 18.2 Å². The SMILES string of the molecule is COc1ccccc1-c1noc(C2CN(C(=O)c3ccc(OC(F)(F)F)cc3)C2)n1. The van der Waals surface area contributed by atoms with Crippen LogP contribution in [0.2, 0.25) is 0 Å². The van der Waals surface area contributed by atoms with Crippen molar-refractivity contribution < 1.29 is 32.0 Å². The summed E-state index contributed by atoms with van der Waals surface area (Å²) in [5.74, 6) is 0.636. The summed E-state index contributed by atoms with van der Waals surface area (Å²) < 4.78 is 51.1. The van der Waals surface area contributed by atoms with Crippen molar-refractivity contribution in [2.75, 3.05) is 20.2 Å². The number of rotatable bonds is 5. The Morgan fingerprint density at radius 2 is 1.83 bits per heavy atom. The van der Waals surface area contributed by atoms with Crippen LogP contribution in [-0.4, -0.2) is 47.5 Å². The molecule has 1 aromatic heterocycles. The summed E-state index contributed by atoms with van der Waals surface area (Å²) in [7, 11) is 1.55. The minimum absolute atomic E-state index is 0.113. The van der Waals surface area contributed by atoms with Crippen molar-refractivity contribution >= 4 is 5.91 Å². The average Bonchev–Trinajstić information content (AvgIpc) is 3.15. The fourth-order valence-corrected chi connectivity index (χ4v) is 3.12. The van der Waals surface area contributed by atoms with Crippen LogP contribution in [0.3, 0.4) is 0 Å². The molecule has 0 saturated carbocycles. The summed E-state index contributed by atoms with van der Waals surface area (Å²) in [6.07, 6.45) is -4.77. The molecule has 2 heterocycles. The molecule has 1 aliphatic heterocycles. The molecule has 10 heteroatoms. The van der Waals surface area contributed by atoms with Crippen LogP contribution >= 0.6 is 0 Å². The standard InChI is InChI=1S/C20H16F3N3O4/c1-28-16-5-3-2-4-15(16)17-24-18(30-25-17)13-10-26(11-13)19(27)12-6-8-14(9-7-12)29-20(21,22)23/h2-9,13H,10-11H2,1H3. The highest BCUT2D eigenvalue weighted by atomic mass is 19.4. The van der Waals surface area contributed by atoms with Crippen molar-refractivity contribution in [3.63, 3.8) is 0 Å². The van der Waals surface area contributed by atoms with Crippen LogP contribution in [0.5, 0.6) is 11.5 Å². The number of para-hydroxylation sites is 1. The van der Waals surface area contributed by atoms with Crippen molar-refractivity contribution in [1.82, 2.24) is 15.0 Å². The number of alkyl halides is 3. The molecular weight excluding hydrogens is 403 g/mol. The molecule has 30 heavy (non-hydrogen) atoms. The number of halogens is 3. The van der Waals surface area contributed by atoms with Gasteiger partial charge < -0.3 is 18.9 Å². The van der Waals surface area contributed by atoms with Crippen LogP contribution in [0.25, 0.3) is 11.4 Å². The molecule has 3 aromatic rings. The summed E-state index contributed by atoms with van der Waals surface area (Å²) in [5.41, 5.74) is 0.964. The second-order valence-corrected chi connectivity index (χ2v) is 6.64. The predicted molar refractivity (Wildman–Crippen MR) is 98.1 cm³/mol. The summed E-state index contributed by atoms with van der Waals surface area (Å²) >= 11 is 0. The number of amides is 1. The van der Waals surface area contributed by atoms with Crippen molar-refractivity contribution in [3.05, 3.63) is 60.0 Å². The van der Waals surface area contributed by atoms with E-state index in [4.69, 9.17) is 9.26 Å². The highest BCUT2D eigenvalue weighted by Gasteiger charge is 2.36. The first-order valence-corrected chi connectivity index (χ1v) is 8.96. The van der Waals surface area contributed by atoms with Gasteiger partial charge in [0, 0.05) is 18.7 Å². The molecule has 1 amide bonds. The maximum Gasteiger partial charge on any atom is 0.573 e. The second kappa shape index (κ2) is 7.69. The first-order chi connectivity index (χ1) is 14.3. The summed E-state index contributed by atoms with van der Waals surface area (Å²) in [4.78, 5) is 18.4. The van der Waals surface area contributed by atoms with Crippen molar-refractivity contribution in [2.24, 2.45) is 0 Å². The van der Waals surface area contributed by atoms with Crippen molar-refractivity contribution in [2.45, 2.75) is 12.3 Å². The van der Waals surface area contributed by atoms with Gasteiger partial charge in [0.15, 0.2) is 0 Å². The normalized spacial score (nSPS) is 14.3. The third-order valence-corrected chi connectivity index (χ3v) is 4.64. The van der Waals surface area contributed by atoms with E-state index in [0.717, 1.165) is 12.1 Å². The molecule has 0 aliphatic carbocycles. The van der Waals surface area contributed by atoms with E-state index in [1.165, 1.54) is 12.1 Å². The minimum atomic E-state index is -4.77. The maximum absolute atomic E-state index is 12.5. The number of hydrogen-bond acceptors (Lipinski definition) is 6. The van der Waals surface area contributed by atoms with Gasteiger partial charge in [-0.3, -0.25) is 4.79 Å². The largest absolute Gasteiger partial charge is 0.573 e. The lowest BCUT2D eigenvalue weighted by molar-refractivity contribution is -0.274. The zero-order valence-corrected chi connectivity index (χ0v) is 15.7. The molecular formula is C20H16F3N3O4. The van der Waals surface area contributed by atoms with Gasteiger partial charge >= 0.3 is 6.36 Å². The molecule has 0 radical (unpaired) electrons. The van der Waals surface area contributed by atoms with E-state index in [0.29, 0.717) is 36.1 Å². The first-order valence-electron chi connectivity index (χ1n) is 8.96. The Morgan fingerprint density at radius 1 is 1.13 bits per heavy atom. The van der Waals surface area contributed by atoms with Crippen LogP contribution < -0.4 is 9.47 Å². The van der Waals surface area contributed by atoms with E-state index in [9.17, 15) is 18.0 Å². The number of benzene rings is 2. The van der Waals surface area contributed by atoms with Gasteiger partial charge in [-0.05, 0) is 36.4 Å². The Balaban J connectivity index is 1.38. The van der Waals surface area contributed by atoms with Crippen LogP contribution in [0, 0.1) is 0 Å². The van der Waals surface area contributed by atoms with E-state index in [-0.39, 0.29) is 23.1 Å². The van der Waals surface area contributed by atoms with Gasteiger partial charge in [-0.2, -0.15) is 4.98 Å². The van der Waals surface area contributed by atoms with Crippen LogP contribution in [0.15, 0.2) is 53.1 Å². The maximum atomic E-state index is 12.5. The Morgan fingerprint density at radius 3 is 2.50 bits per heavy atom. The van der Waals surface area contributed by atoms with Crippen LogP contribution in [0.1, 0.15) is 22.2 Å². The fourth-order valence-electron chi connectivity index (χ4n) is 3.12. The van der Waals surface area contributed by atoms with E-state index in [1.54, 1.807) is 18.1 Å². The lowest BCUT2D eigenvalue weighted by Crippen LogP contribution is -2.48. The van der Waals surface area contributed by atoms with E-state index in [2.05, 4.69) is 14.9 Å². The lowest BCUT2D eigenvalue weighted by atomic mass is 9.98. The zero-order valence-electron chi connectivity index (χ0n) is 15.7. The number of carbonyl (C=O) groups is 1. The molecule has 0 unspecified atom stereocenters. The number of hydrogen-bond donors (Lipinski definition) is 0. The third kappa shape index (κ3) is 4.07. The smallest absolute Gasteiger partial charge is 0.496 e. The molecule has 0 atom stereocenters. The quantitative estimate of drug-likeness (QED) is 0.625. The molecule has 0 spiro atoms. The second-order valence-electron chi connectivity index (χ2n) is 6.64. The minimum Gasteiger partial charge on any atom is -0.496 e. The highest BCUT2D eigenvalue weighted by Crippen LogP contribution is 2.32. The highest BCUT2D eigenvalue weighted by molar-refractivity contribution is 5.95. The summed E-state index contributed by atoms with van der Waals surface area (Å²) in [5, 5.41) is 3.99. The van der Waals surface area contributed by atoms with Gasteiger partial charge in [-0.1, -0.05) is 17.3 Å².